The van der Waals surface area contributed by atoms with Gasteiger partial charge >= 0.3 is 0 Å². The third-order valence-electron chi connectivity index (χ3n) is 4.67. The van der Waals surface area contributed by atoms with Gasteiger partial charge < -0.3 is 5.32 Å². The first kappa shape index (κ1) is 22.9. The molecule has 0 unspecified atom stereocenters. The van der Waals surface area contributed by atoms with Crippen molar-refractivity contribution in [2.45, 2.75) is 36.6 Å². The van der Waals surface area contributed by atoms with Gasteiger partial charge in [0.1, 0.15) is 6.04 Å². The lowest BCUT2D eigenvalue weighted by Gasteiger charge is -2.29. The third-order valence-corrected chi connectivity index (χ3v) is 6.99. The Bertz CT molecular complexity index is 1160. The van der Waals surface area contributed by atoms with Gasteiger partial charge in [-0.3, -0.25) is 9.10 Å². The second kappa shape index (κ2) is 9.58. The standard InChI is InChI=1S/C24H26N2O3S2/c1-17-14-18(2)16-20(15-17)26(31(4,28)29)19(3)24(27)25-22-12-8-9-13-23(22)30-21-10-6-5-7-11-21/h5-16,19H,1-4H3,(H,25,27)/t19-/m0/s1. The molecular weight excluding hydrogens is 428 g/mol. The first-order valence-electron chi connectivity index (χ1n) is 9.85. The van der Waals surface area contributed by atoms with Crippen molar-refractivity contribution in [3.05, 3.63) is 83.9 Å². The van der Waals surface area contributed by atoms with Crippen LogP contribution in [-0.4, -0.2) is 26.6 Å². The number of carbonyl (C=O) groups is 1. The monoisotopic (exact) mass is 454 g/mol. The van der Waals surface area contributed by atoms with Crippen LogP contribution in [0.4, 0.5) is 11.4 Å². The summed E-state index contributed by atoms with van der Waals surface area (Å²) in [4.78, 5) is 15.0. The SMILES string of the molecule is Cc1cc(C)cc(N([C@@H](C)C(=O)Nc2ccccc2Sc2ccccc2)S(C)(=O)=O)c1. The second-order valence-corrected chi connectivity index (χ2v) is 10.5. The zero-order valence-corrected chi connectivity index (χ0v) is 19.6. The summed E-state index contributed by atoms with van der Waals surface area (Å²) in [7, 11) is -3.68. The number of nitrogens with zero attached hydrogens (tertiary/aromatic N) is 1. The van der Waals surface area contributed by atoms with E-state index in [0.717, 1.165) is 27.2 Å². The van der Waals surface area contributed by atoms with Crippen LogP contribution >= 0.6 is 11.8 Å². The molecule has 0 spiro atoms. The molecule has 0 aromatic heterocycles. The molecule has 0 bridgehead atoms. The first-order chi connectivity index (χ1) is 14.6. The van der Waals surface area contributed by atoms with Crippen LogP contribution in [0.1, 0.15) is 18.1 Å². The molecule has 0 aliphatic rings. The summed E-state index contributed by atoms with van der Waals surface area (Å²) in [5.41, 5.74) is 2.98. The van der Waals surface area contributed by atoms with Gasteiger partial charge in [0, 0.05) is 9.79 Å². The molecule has 3 aromatic rings. The number of hydrogen-bond acceptors (Lipinski definition) is 4. The number of amides is 1. The van der Waals surface area contributed by atoms with Crippen LogP contribution in [0, 0.1) is 13.8 Å². The Labute approximate surface area is 188 Å². The lowest BCUT2D eigenvalue weighted by Crippen LogP contribution is -2.45. The molecule has 0 saturated heterocycles. The number of para-hydroxylation sites is 1. The average Bonchev–Trinajstić information content (AvgIpc) is 2.68. The van der Waals surface area contributed by atoms with E-state index in [9.17, 15) is 13.2 Å². The summed E-state index contributed by atoms with van der Waals surface area (Å²) in [5.74, 6) is -0.398. The highest BCUT2D eigenvalue weighted by molar-refractivity contribution is 7.99. The van der Waals surface area contributed by atoms with Crippen molar-refractivity contribution in [2.24, 2.45) is 0 Å². The van der Waals surface area contributed by atoms with Gasteiger partial charge in [0.2, 0.25) is 15.9 Å². The number of anilines is 2. The topological polar surface area (TPSA) is 66.5 Å². The number of carbonyl (C=O) groups excluding carboxylic acids is 1. The van der Waals surface area contributed by atoms with Gasteiger partial charge in [-0.1, -0.05) is 48.2 Å². The van der Waals surface area contributed by atoms with E-state index in [2.05, 4.69) is 5.32 Å². The van der Waals surface area contributed by atoms with Crippen molar-refractivity contribution in [2.75, 3.05) is 15.9 Å². The van der Waals surface area contributed by atoms with Gasteiger partial charge in [-0.05, 0) is 68.3 Å². The molecule has 0 aliphatic heterocycles. The van der Waals surface area contributed by atoms with Crippen LogP contribution in [0.15, 0.2) is 82.6 Å². The van der Waals surface area contributed by atoms with Crippen molar-refractivity contribution in [3.8, 4) is 0 Å². The quantitative estimate of drug-likeness (QED) is 0.530. The molecule has 0 aliphatic carbocycles. The highest BCUT2D eigenvalue weighted by Gasteiger charge is 2.29. The molecule has 0 radical (unpaired) electrons. The van der Waals surface area contributed by atoms with Crippen molar-refractivity contribution < 1.29 is 13.2 Å². The molecule has 0 heterocycles. The zero-order valence-electron chi connectivity index (χ0n) is 18.0. The maximum Gasteiger partial charge on any atom is 0.248 e. The van der Waals surface area contributed by atoms with E-state index in [4.69, 9.17) is 0 Å². The molecule has 1 N–H and O–H groups in total. The zero-order chi connectivity index (χ0) is 22.6. The Balaban J connectivity index is 1.88. The Kier molecular flexibility index (Phi) is 7.08. The predicted octanol–water partition coefficient (Wildman–Crippen LogP) is 5.25. The first-order valence-corrected chi connectivity index (χ1v) is 12.5. The van der Waals surface area contributed by atoms with Gasteiger partial charge in [0.25, 0.3) is 0 Å². The van der Waals surface area contributed by atoms with E-state index in [1.807, 2.05) is 74.5 Å². The maximum atomic E-state index is 13.1. The summed E-state index contributed by atoms with van der Waals surface area (Å²) >= 11 is 1.54. The summed E-state index contributed by atoms with van der Waals surface area (Å²) in [5, 5.41) is 2.92. The third kappa shape index (κ3) is 5.89. The fourth-order valence-corrected chi connectivity index (χ4v) is 5.48. The van der Waals surface area contributed by atoms with Gasteiger partial charge in [0.05, 0.1) is 17.6 Å². The van der Waals surface area contributed by atoms with Gasteiger partial charge in [-0.2, -0.15) is 0 Å². The van der Waals surface area contributed by atoms with Crippen molar-refractivity contribution in [1.82, 2.24) is 0 Å². The molecule has 1 amide bonds. The van der Waals surface area contributed by atoms with E-state index in [0.29, 0.717) is 11.4 Å². The lowest BCUT2D eigenvalue weighted by atomic mass is 10.1. The number of nitrogens with one attached hydrogen (secondary N) is 1. The van der Waals surface area contributed by atoms with Gasteiger partial charge in [-0.15, -0.1) is 0 Å². The maximum absolute atomic E-state index is 13.1. The molecule has 0 saturated carbocycles. The minimum absolute atomic E-state index is 0.398. The fourth-order valence-electron chi connectivity index (χ4n) is 3.40. The second-order valence-electron chi connectivity index (χ2n) is 7.48. The largest absolute Gasteiger partial charge is 0.323 e. The molecule has 3 rings (SSSR count). The van der Waals surface area contributed by atoms with Crippen LogP contribution in [0.5, 0.6) is 0 Å². The molecule has 162 valence electrons. The Morgan fingerprint density at radius 1 is 0.935 bits per heavy atom. The van der Waals surface area contributed by atoms with E-state index in [1.54, 1.807) is 19.1 Å². The molecule has 0 fully saturated rings. The van der Waals surface area contributed by atoms with Crippen molar-refractivity contribution in [3.63, 3.8) is 0 Å². The summed E-state index contributed by atoms with van der Waals surface area (Å²) in [6.07, 6.45) is 1.12. The van der Waals surface area contributed by atoms with E-state index >= 15 is 0 Å². The van der Waals surface area contributed by atoms with Gasteiger partial charge in [0.15, 0.2) is 0 Å². The molecule has 3 aromatic carbocycles. The van der Waals surface area contributed by atoms with Crippen LogP contribution < -0.4 is 9.62 Å². The summed E-state index contributed by atoms with van der Waals surface area (Å²) < 4.78 is 26.4. The van der Waals surface area contributed by atoms with Crippen LogP contribution in [0.2, 0.25) is 0 Å². The van der Waals surface area contributed by atoms with Crippen LogP contribution in [0.25, 0.3) is 0 Å². The number of rotatable bonds is 7. The predicted molar refractivity (Wildman–Crippen MR) is 128 cm³/mol. The van der Waals surface area contributed by atoms with Crippen LogP contribution in [0.3, 0.4) is 0 Å². The smallest absolute Gasteiger partial charge is 0.248 e. The minimum Gasteiger partial charge on any atom is -0.323 e. The van der Waals surface area contributed by atoms with E-state index in [-0.39, 0.29) is 0 Å². The summed E-state index contributed by atoms with van der Waals surface area (Å²) in [6.45, 7) is 5.40. The van der Waals surface area contributed by atoms with E-state index < -0.39 is 22.0 Å². The number of sulfonamides is 1. The normalized spacial score (nSPS) is 12.3. The number of aryl methyl sites for hydroxylation is 2. The lowest BCUT2D eigenvalue weighted by molar-refractivity contribution is -0.116. The highest BCUT2D eigenvalue weighted by Crippen LogP contribution is 2.33. The highest BCUT2D eigenvalue weighted by atomic mass is 32.2. The average molecular weight is 455 g/mol. The van der Waals surface area contributed by atoms with Crippen LogP contribution in [-0.2, 0) is 14.8 Å². The Hall–Kier alpha value is -2.77. The van der Waals surface area contributed by atoms with Gasteiger partial charge in [-0.25, -0.2) is 8.42 Å². The Morgan fingerprint density at radius 3 is 2.13 bits per heavy atom. The fraction of sp³-hybridized carbons (Fsp3) is 0.208. The van der Waals surface area contributed by atoms with Crippen molar-refractivity contribution in [1.29, 1.82) is 0 Å². The molecule has 7 heteroatoms. The Morgan fingerprint density at radius 2 is 1.52 bits per heavy atom. The number of hydrogen-bond donors (Lipinski definition) is 1. The molecule has 31 heavy (non-hydrogen) atoms. The molecule has 5 nitrogen and oxygen atoms in total. The molecular formula is C24H26N2O3S2. The van der Waals surface area contributed by atoms with Crippen molar-refractivity contribution >= 4 is 39.1 Å². The summed E-state index contributed by atoms with van der Waals surface area (Å²) in [6, 6.07) is 21.9. The minimum atomic E-state index is -3.68. The molecule has 1 atom stereocenters. The van der Waals surface area contributed by atoms with E-state index in [1.165, 1.54) is 16.1 Å². The number of benzene rings is 3.